The molecule has 0 aliphatic heterocycles. The average Bonchev–Trinajstić information content (AvgIpc) is 2.27. The molecule has 1 amide bonds. The molecule has 0 saturated heterocycles. The lowest BCUT2D eigenvalue weighted by molar-refractivity contribution is -0.130. The molecule has 0 atom stereocenters. The third-order valence-corrected chi connectivity index (χ3v) is 2.34. The fourth-order valence-corrected chi connectivity index (χ4v) is 1.37. The first-order valence-electron chi connectivity index (χ1n) is 5.37. The predicted molar refractivity (Wildman–Crippen MR) is 60.2 cm³/mol. The van der Waals surface area contributed by atoms with E-state index in [2.05, 4.69) is 11.9 Å². The SMILES string of the molecule is CCCCC(=O)N(C)Cc1ccncc1. The van der Waals surface area contributed by atoms with Crippen LogP contribution in [0.2, 0.25) is 0 Å². The predicted octanol–water partition coefficient (Wildman–Crippen LogP) is 2.23. The summed E-state index contributed by atoms with van der Waals surface area (Å²) in [6, 6.07) is 3.87. The van der Waals surface area contributed by atoms with Crippen LogP contribution in [0.1, 0.15) is 31.7 Å². The van der Waals surface area contributed by atoms with E-state index in [9.17, 15) is 4.79 Å². The minimum Gasteiger partial charge on any atom is -0.341 e. The standard InChI is InChI=1S/C12H18N2O/c1-3-4-5-12(15)14(2)10-11-6-8-13-9-7-11/h6-9H,3-5,10H2,1-2H3. The van der Waals surface area contributed by atoms with Crippen LogP contribution < -0.4 is 0 Å². The van der Waals surface area contributed by atoms with E-state index in [0.29, 0.717) is 13.0 Å². The summed E-state index contributed by atoms with van der Waals surface area (Å²) < 4.78 is 0. The van der Waals surface area contributed by atoms with Crippen molar-refractivity contribution >= 4 is 5.91 Å². The van der Waals surface area contributed by atoms with Crippen molar-refractivity contribution in [3.63, 3.8) is 0 Å². The van der Waals surface area contributed by atoms with Gasteiger partial charge in [-0.05, 0) is 24.1 Å². The van der Waals surface area contributed by atoms with Gasteiger partial charge in [-0.25, -0.2) is 0 Å². The van der Waals surface area contributed by atoms with Crippen molar-refractivity contribution in [2.45, 2.75) is 32.7 Å². The summed E-state index contributed by atoms with van der Waals surface area (Å²) in [5.74, 6) is 0.216. The largest absolute Gasteiger partial charge is 0.341 e. The highest BCUT2D eigenvalue weighted by Gasteiger charge is 2.07. The molecule has 0 radical (unpaired) electrons. The third kappa shape index (κ3) is 4.11. The molecule has 0 aliphatic carbocycles. The molecule has 1 aromatic rings. The third-order valence-electron chi connectivity index (χ3n) is 2.34. The van der Waals surface area contributed by atoms with E-state index in [-0.39, 0.29) is 5.91 Å². The lowest BCUT2D eigenvalue weighted by Crippen LogP contribution is -2.25. The van der Waals surface area contributed by atoms with Crippen LogP contribution in [0.3, 0.4) is 0 Å². The number of rotatable bonds is 5. The minimum atomic E-state index is 0.216. The van der Waals surface area contributed by atoms with E-state index >= 15 is 0 Å². The molecule has 0 fully saturated rings. The van der Waals surface area contributed by atoms with Gasteiger partial charge in [0.2, 0.25) is 5.91 Å². The summed E-state index contributed by atoms with van der Waals surface area (Å²) in [5.41, 5.74) is 1.12. The molecular formula is C12H18N2O. The van der Waals surface area contributed by atoms with Crippen LogP contribution in [-0.4, -0.2) is 22.8 Å². The molecule has 1 rings (SSSR count). The fourth-order valence-electron chi connectivity index (χ4n) is 1.37. The van der Waals surface area contributed by atoms with Gasteiger partial charge < -0.3 is 4.90 Å². The first-order valence-corrected chi connectivity index (χ1v) is 5.37. The molecule has 0 unspecified atom stereocenters. The Labute approximate surface area is 91.1 Å². The summed E-state index contributed by atoms with van der Waals surface area (Å²) in [6.07, 6.45) is 6.19. The second-order valence-corrected chi connectivity index (χ2v) is 3.71. The second kappa shape index (κ2) is 6.17. The quantitative estimate of drug-likeness (QED) is 0.740. The zero-order chi connectivity index (χ0) is 11.1. The summed E-state index contributed by atoms with van der Waals surface area (Å²) >= 11 is 0. The van der Waals surface area contributed by atoms with Crippen molar-refractivity contribution in [2.75, 3.05) is 7.05 Å². The van der Waals surface area contributed by atoms with Gasteiger partial charge in [0, 0.05) is 32.4 Å². The number of unbranched alkanes of at least 4 members (excludes halogenated alkanes) is 1. The lowest BCUT2D eigenvalue weighted by atomic mass is 10.2. The van der Waals surface area contributed by atoms with Gasteiger partial charge >= 0.3 is 0 Å². The van der Waals surface area contributed by atoms with Crippen molar-refractivity contribution in [3.05, 3.63) is 30.1 Å². The highest BCUT2D eigenvalue weighted by atomic mass is 16.2. The number of hydrogen-bond acceptors (Lipinski definition) is 2. The molecule has 3 nitrogen and oxygen atoms in total. The van der Waals surface area contributed by atoms with E-state index in [1.54, 1.807) is 17.3 Å². The Balaban J connectivity index is 2.41. The number of nitrogens with zero attached hydrogens (tertiary/aromatic N) is 2. The van der Waals surface area contributed by atoms with Gasteiger partial charge in [0.15, 0.2) is 0 Å². The molecular weight excluding hydrogens is 188 g/mol. The molecule has 0 aromatic carbocycles. The van der Waals surface area contributed by atoms with Crippen molar-refractivity contribution in [2.24, 2.45) is 0 Å². The van der Waals surface area contributed by atoms with Crippen molar-refractivity contribution < 1.29 is 4.79 Å². The molecule has 0 aliphatic rings. The Hall–Kier alpha value is -1.38. The zero-order valence-corrected chi connectivity index (χ0v) is 9.44. The Morgan fingerprint density at radius 3 is 2.67 bits per heavy atom. The first-order chi connectivity index (χ1) is 7.24. The van der Waals surface area contributed by atoms with Crippen molar-refractivity contribution in [1.82, 2.24) is 9.88 Å². The summed E-state index contributed by atoms with van der Waals surface area (Å²) in [5, 5.41) is 0. The minimum absolute atomic E-state index is 0.216. The molecule has 82 valence electrons. The number of amides is 1. The van der Waals surface area contributed by atoms with E-state index in [4.69, 9.17) is 0 Å². The Morgan fingerprint density at radius 2 is 2.07 bits per heavy atom. The second-order valence-electron chi connectivity index (χ2n) is 3.71. The van der Waals surface area contributed by atoms with Gasteiger partial charge in [-0.3, -0.25) is 9.78 Å². The van der Waals surface area contributed by atoms with E-state index in [0.717, 1.165) is 18.4 Å². The maximum atomic E-state index is 11.6. The van der Waals surface area contributed by atoms with Crippen LogP contribution in [0.15, 0.2) is 24.5 Å². The van der Waals surface area contributed by atoms with Gasteiger partial charge in [-0.1, -0.05) is 13.3 Å². The number of aromatic nitrogens is 1. The normalized spacial score (nSPS) is 10.0. The van der Waals surface area contributed by atoms with Crippen LogP contribution in [0.5, 0.6) is 0 Å². The van der Waals surface area contributed by atoms with Crippen LogP contribution in [-0.2, 0) is 11.3 Å². The monoisotopic (exact) mass is 206 g/mol. The van der Waals surface area contributed by atoms with Crippen LogP contribution >= 0.6 is 0 Å². The fraction of sp³-hybridized carbons (Fsp3) is 0.500. The molecule has 15 heavy (non-hydrogen) atoms. The maximum Gasteiger partial charge on any atom is 0.222 e. The summed E-state index contributed by atoms with van der Waals surface area (Å²) in [7, 11) is 1.85. The van der Waals surface area contributed by atoms with Gasteiger partial charge in [-0.15, -0.1) is 0 Å². The maximum absolute atomic E-state index is 11.6. The van der Waals surface area contributed by atoms with Gasteiger partial charge in [0.1, 0.15) is 0 Å². The molecule has 3 heteroatoms. The van der Waals surface area contributed by atoms with Crippen LogP contribution in [0.25, 0.3) is 0 Å². The Morgan fingerprint density at radius 1 is 1.40 bits per heavy atom. The lowest BCUT2D eigenvalue weighted by Gasteiger charge is -2.16. The Kier molecular flexibility index (Phi) is 4.81. The number of carbonyl (C=O) groups is 1. The summed E-state index contributed by atoms with van der Waals surface area (Å²) in [6.45, 7) is 2.77. The topological polar surface area (TPSA) is 33.2 Å². The molecule has 1 aromatic heterocycles. The van der Waals surface area contributed by atoms with Gasteiger partial charge in [-0.2, -0.15) is 0 Å². The van der Waals surface area contributed by atoms with Gasteiger partial charge in [0.25, 0.3) is 0 Å². The average molecular weight is 206 g/mol. The highest BCUT2D eigenvalue weighted by Crippen LogP contribution is 2.04. The van der Waals surface area contributed by atoms with Gasteiger partial charge in [0.05, 0.1) is 0 Å². The molecule has 0 saturated carbocycles. The number of carbonyl (C=O) groups excluding carboxylic acids is 1. The Bertz CT molecular complexity index is 298. The molecule has 0 N–H and O–H groups in total. The summed E-state index contributed by atoms with van der Waals surface area (Å²) in [4.78, 5) is 17.3. The molecule has 0 bridgehead atoms. The van der Waals surface area contributed by atoms with E-state index in [1.165, 1.54) is 0 Å². The zero-order valence-electron chi connectivity index (χ0n) is 9.44. The van der Waals surface area contributed by atoms with Crippen LogP contribution in [0, 0.1) is 0 Å². The molecule has 1 heterocycles. The van der Waals surface area contributed by atoms with Crippen molar-refractivity contribution in [3.8, 4) is 0 Å². The van der Waals surface area contributed by atoms with E-state index in [1.807, 2.05) is 19.2 Å². The smallest absolute Gasteiger partial charge is 0.222 e. The van der Waals surface area contributed by atoms with Crippen LogP contribution in [0.4, 0.5) is 0 Å². The number of pyridine rings is 1. The van der Waals surface area contributed by atoms with E-state index < -0.39 is 0 Å². The number of hydrogen-bond donors (Lipinski definition) is 0. The molecule has 0 spiro atoms. The highest BCUT2D eigenvalue weighted by molar-refractivity contribution is 5.75. The first kappa shape index (κ1) is 11.7. The van der Waals surface area contributed by atoms with Crippen molar-refractivity contribution in [1.29, 1.82) is 0 Å².